The normalized spacial score (nSPS) is 20.5. The fourth-order valence-corrected chi connectivity index (χ4v) is 4.19. The molecule has 1 aromatic heterocycles. The third-order valence-electron chi connectivity index (χ3n) is 6.13. The number of urea groups is 1. The van der Waals surface area contributed by atoms with Gasteiger partial charge in [0.05, 0.1) is 24.8 Å². The minimum atomic E-state index is -1.37. The van der Waals surface area contributed by atoms with Gasteiger partial charge in [0, 0.05) is 19.0 Å². The number of carbonyl (C=O) groups is 3. The molecular formula is C24H27F2N5O3. The summed E-state index contributed by atoms with van der Waals surface area (Å²) in [4.78, 5) is 42.5. The molecule has 1 saturated heterocycles. The number of nitrogens with one attached hydrogen (secondary N) is 3. The highest BCUT2D eigenvalue weighted by molar-refractivity contribution is 5.91. The number of hydrogen-bond donors (Lipinski definition) is 3. The van der Waals surface area contributed by atoms with E-state index in [1.807, 2.05) is 6.07 Å². The standard InChI is InChI=1S/C24H27F2N5O3/c1-27-24(34)28-12-20(32)31-13-16(25)11-19(31)23(33)30-21(15-5-3-2-4-6-15)18-10-9-17(14-7-8-14)22(26)29-18/h2-6,9-10,14,16,19,21H,7-8,11-13H2,1H3,(H,30,33)(H2,27,28,34). The summed E-state index contributed by atoms with van der Waals surface area (Å²) in [5.74, 6) is -1.51. The molecule has 2 aromatic rings. The number of amides is 4. The van der Waals surface area contributed by atoms with Crippen molar-refractivity contribution in [1.82, 2.24) is 25.8 Å². The summed E-state index contributed by atoms with van der Waals surface area (Å²) in [6.07, 6.45) is 0.327. The number of carbonyl (C=O) groups excluding carboxylic acids is 3. The Hall–Kier alpha value is -3.56. The maximum atomic E-state index is 14.7. The number of pyridine rings is 1. The van der Waals surface area contributed by atoms with Crippen LogP contribution in [0.4, 0.5) is 13.6 Å². The molecule has 0 spiro atoms. The average Bonchev–Trinajstić information content (AvgIpc) is 3.61. The number of halogens is 2. The molecule has 3 atom stereocenters. The van der Waals surface area contributed by atoms with Crippen LogP contribution in [0.1, 0.15) is 48.0 Å². The van der Waals surface area contributed by atoms with E-state index in [1.165, 1.54) is 7.05 Å². The number of hydrogen-bond acceptors (Lipinski definition) is 4. The smallest absolute Gasteiger partial charge is 0.314 e. The Bertz CT molecular complexity index is 1060. The lowest BCUT2D eigenvalue weighted by Gasteiger charge is -2.26. The molecule has 2 fully saturated rings. The topological polar surface area (TPSA) is 103 Å². The maximum absolute atomic E-state index is 14.7. The molecule has 4 rings (SSSR count). The summed E-state index contributed by atoms with van der Waals surface area (Å²) in [5.41, 5.74) is 1.56. The van der Waals surface area contributed by atoms with Crippen LogP contribution < -0.4 is 16.0 Å². The van der Waals surface area contributed by atoms with E-state index in [1.54, 1.807) is 36.4 Å². The molecule has 180 valence electrons. The molecular weight excluding hydrogens is 444 g/mol. The van der Waals surface area contributed by atoms with Crippen LogP contribution >= 0.6 is 0 Å². The molecule has 1 aliphatic carbocycles. The summed E-state index contributed by atoms with van der Waals surface area (Å²) in [5, 5.41) is 7.51. The molecule has 10 heteroatoms. The summed E-state index contributed by atoms with van der Waals surface area (Å²) in [6, 6.07) is 9.95. The van der Waals surface area contributed by atoms with Crippen LogP contribution in [0.2, 0.25) is 0 Å². The number of alkyl halides is 1. The second kappa shape index (κ2) is 10.1. The number of likely N-dealkylation sites (tertiary alicyclic amines) is 1. The summed E-state index contributed by atoms with van der Waals surface area (Å²) in [7, 11) is 1.40. The summed E-state index contributed by atoms with van der Waals surface area (Å²) in [6.45, 7) is -0.612. The maximum Gasteiger partial charge on any atom is 0.314 e. The quantitative estimate of drug-likeness (QED) is 0.539. The number of aromatic nitrogens is 1. The Morgan fingerprint density at radius 1 is 1.15 bits per heavy atom. The first-order valence-corrected chi connectivity index (χ1v) is 11.3. The van der Waals surface area contributed by atoms with Crippen LogP contribution in [0.5, 0.6) is 0 Å². The molecule has 34 heavy (non-hydrogen) atoms. The van der Waals surface area contributed by atoms with Gasteiger partial charge in [-0.3, -0.25) is 9.59 Å². The van der Waals surface area contributed by atoms with Crippen molar-refractivity contribution in [2.45, 2.75) is 43.4 Å². The van der Waals surface area contributed by atoms with Crippen molar-refractivity contribution in [3.8, 4) is 0 Å². The summed E-state index contributed by atoms with van der Waals surface area (Å²) >= 11 is 0. The van der Waals surface area contributed by atoms with Crippen LogP contribution in [0.3, 0.4) is 0 Å². The molecule has 0 bridgehead atoms. The van der Waals surface area contributed by atoms with Crippen molar-refractivity contribution < 1.29 is 23.2 Å². The SMILES string of the molecule is CNC(=O)NCC(=O)N1CC(F)CC1C(=O)NC(c1ccccc1)c1ccc(C2CC2)c(F)n1. The zero-order valence-electron chi connectivity index (χ0n) is 18.8. The first-order chi connectivity index (χ1) is 16.4. The van der Waals surface area contributed by atoms with Crippen molar-refractivity contribution in [3.05, 3.63) is 65.2 Å². The highest BCUT2D eigenvalue weighted by Crippen LogP contribution is 2.41. The lowest BCUT2D eigenvalue weighted by molar-refractivity contribution is -0.137. The first kappa shape index (κ1) is 23.6. The van der Waals surface area contributed by atoms with E-state index in [9.17, 15) is 23.2 Å². The van der Waals surface area contributed by atoms with Gasteiger partial charge in [-0.2, -0.15) is 4.39 Å². The Kier molecular flexibility index (Phi) is 7.04. The molecule has 2 heterocycles. The number of benzene rings is 1. The highest BCUT2D eigenvalue weighted by Gasteiger charge is 2.40. The van der Waals surface area contributed by atoms with Gasteiger partial charge in [-0.15, -0.1) is 0 Å². The third kappa shape index (κ3) is 5.32. The fraction of sp³-hybridized carbons (Fsp3) is 0.417. The van der Waals surface area contributed by atoms with Crippen LogP contribution in [-0.4, -0.2) is 60.1 Å². The van der Waals surface area contributed by atoms with Crippen molar-refractivity contribution in [2.24, 2.45) is 0 Å². The van der Waals surface area contributed by atoms with Crippen molar-refractivity contribution in [3.63, 3.8) is 0 Å². The van der Waals surface area contributed by atoms with Gasteiger partial charge in [0.25, 0.3) is 0 Å². The predicted molar refractivity (Wildman–Crippen MR) is 120 cm³/mol. The lowest BCUT2D eigenvalue weighted by atomic mass is 10.0. The van der Waals surface area contributed by atoms with Gasteiger partial charge in [0.1, 0.15) is 12.2 Å². The Morgan fingerprint density at radius 2 is 1.88 bits per heavy atom. The molecule has 3 unspecified atom stereocenters. The molecule has 0 radical (unpaired) electrons. The van der Waals surface area contributed by atoms with Gasteiger partial charge < -0.3 is 20.9 Å². The van der Waals surface area contributed by atoms with E-state index in [0.29, 0.717) is 16.8 Å². The minimum absolute atomic E-state index is 0.165. The predicted octanol–water partition coefficient (Wildman–Crippen LogP) is 2.17. The van der Waals surface area contributed by atoms with E-state index in [2.05, 4.69) is 20.9 Å². The second-order valence-corrected chi connectivity index (χ2v) is 8.57. The highest BCUT2D eigenvalue weighted by atomic mass is 19.1. The van der Waals surface area contributed by atoms with Crippen LogP contribution in [-0.2, 0) is 9.59 Å². The van der Waals surface area contributed by atoms with Gasteiger partial charge in [0.2, 0.25) is 17.8 Å². The Balaban J connectivity index is 1.54. The van der Waals surface area contributed by atoms with Gasteiger partial charge >= 0.3 is 6.03 Å². The van der Waals surface area contributed by atoms with Crippen LogP contribution in [0.25, 0.3) is 0 Å². The van der Waals surface area contributed by atoms with Gasteiger partial charge in [-0.05, 0) is 30.4 Å². The molecule has 8 nitrogen and oxygen atoms in total. The van der Waals surface area contributed by atoms with Crippen LogP contribution in [0, 0.1) is 5.95 Å². The van der Waals surface area contributed by atoms with Gasteiger partial charge in [-0.25, -0.2) is 14.2 Å². The Labute approximate surface area is 196 Å². The first-order valence-electron chi connectivity index (χ1n) is 11.3. The van der Waals surface area contributed by atoms with Crippen LogP contribution in [0.15, 0.2) is 42.5 Å². The molecule has 1 aromatic carbocycles. The van der Waals surface area contributed by atoms with E-state index in [0.717, 1.165) is 17.7 Å². The fourth-order valence-electron chi connectivity index (χ4n) is 4.19. The van der Waals surface area contributed by atoms with Crippen molar-refractivity contribution >= 4 is 17.8 Å². The molecule has 1 saturated carbocycles. The van der Waals surface area contributed by atoms with Crippen molar-refractivity contribution in [2.75, 3.05) is 20.1 Å². The third-order valence-corrected chi connectivity index (χ3v) is 6.13. The monoisotopic (exact) mass is 471 g/mol. The zero-order valence-corrected chi connectivity index (χ0v) is 18.8. The molecule has 1 aliphatic heterocycles. The average molecular weight is 472 g/mol. The van der Waals surface area contributed by atoms with Crippen molar-refractivity contribution in [1.29, 1.82) is 0 Å². The van der Waals surface area contributed by atoms with E-state index in [4.69, 9.17) is 0 Å². The lowest BCUT2D eigenvalue weighted by Crippen LogP contribution is -2.50. The van der Waals surface area contributed by atoms with E-state index in [-0.39, 0.29) is 25.4 Å². The Morgan fingerprint density at radius 3 is 2.53 bits per heavy atom. The van der Waals surface area contributed by atoms with E-state index < -0.39 is 42.0 Å². The minimum Gasteiger partial charge on any atom is -0.342 e. The second-order valence-electron chi connectivity index (χ2n) is 8.57. The van der Waals surface area contributed by atoms with Gasteiger partial charge in [-0.1, -0.05) is 36.4 Å². The molecule has 3 N–H and O–H groups in total. The zero-order chi connectivity index (χ0) is 24.2. The number of rotatable bonds is 7. The molecule has 4 amide bonds. The summed E-state index contributed by atoms with van der Waals surface area (Å²) < 4.78 is 28.9. The largest absolute Gasteiger partial charge is 0.342 e. The number of nitrogens with zero attached hydrogens (tertiary/aromatic N) is 2. The molecule has 2 aliphatic rings. The van der Waals surface area contributed by atoms with E-state index >= 15 is 0 Å². The van der Waals surface area contributed by atoms with Gasteiger partial charge in [0.15, 0.2) is 0 Å².